The van der Waals surface area contributed by atoms with Crippen molar-refractivity contribution in [1.82, 2.24) is 24.5 Å². The number of rotatable bonds is 21. The number of nitrogens with zero attached hydrogens (tertiary/aromatic N) is 7. The van der Waals surface area contributed by atoms with Crippen LogP contribution in [0, 0.1) is 34.3 Å². The maximum Gasteiger partial charge on any atom is 0.332 e. The van der Waals surface area contributed by atoms with Crippen molar-refractivity contribution in [3.05, 3.63) is 167 Å². The molecular weight excluding hydrogens is 1010 g/mol. The van der Waals surface area contributed by atoms with Gasteiger partial charge in [0.05, 0.1) is 22.9 Å². The molecule has 4 N–H and O–H groups in total. The molecule has 2 heterocycles. The summed E-state index contributed by atoms with van der Waals surface area (Å²) in [4.78, 5) is 39.4. The van der Waals surface area contributed by atoms with E-state index in [-0.39, 0.29) is 40.4 Å². The Morgan fingerprint density at radius 3 is 1.59 bits per heavy atom. The van der Waals surface area contributed by atoms with Crippen LogP contribution in [-0.4, -0.2) is 86.4 Å². The minimum Gasteiger partial charge on any atom is -0.306 e. The lowest BCUT2D eigenvalue weighted by Crippen LogP contribution is -2.37. The fourth-order valence-corrected chi connectivity index (χ4v) is 9.38. The Hall–Kier alpha value is -7.55. The van der Waals surface area contributed by atoms with Crippen molar-refractivity contribution in [1.29, 1.82) is 10.5 Å². The number of amides is 2. The predicted octanol–water partition coefficient (Wildman–Crippen LogP) is 10.3. The van der Waals surface area contributed by atoms with Crippen LogP contribution in [0.15, 0.2) is 127 Å². The number of aliphatic imine (C=N–C) groups is 1. The number of urea groups is 1. The minimum absolute atomic E-state index is 0.0103. The number of isocyanates is 1. The molecule has 0 spiro atoms. The number of nitriles is 2. The Balaban J connectivity index is 0.000000275. The van der Waals surface area contributed by atoms with Gasteiger partial charge in [-0.2, -0.15) is 15.5 Å². The summed E-state index contributed by atoms with van der Waals surface area (Å²) in [5, 5.41) is 25.7. The molecular formula is C56H64F2N10O6S2. The molecule has 16 nitrogen and oxygen atoms in total. The van der Waals surface area contributed by atoms with E-state index in [2.05, 4.69) is 53.9 Å². The third-order valence-corrected chi connectivity index (χ3v) is 13.9. The number of nitrogens with two attached hydrogens (primary N) is 1. The summed E-state index contributed by atoms with van der Waals surface area (Å²) < 4.78 is 77.4. The normalized spacial score (nSPS) is 11.1. The van der Waals surface area contributed by atoms with E-state index >= 15 is 0 Å². The van der Waals surface area contributed by atoms with Crippen molar-refractivity contribution >= 4 is 43.5 Å². The Morgan fingerprint density at radius 1 is 0.684 bits per heavy atom. The second-order valence-corrected chi connectivity index (χ2v) is 21.6. The van der Waals surface area contributed by atoms with Crippen LogP contribution in [0.3, 0.4) is 0 Å². The second kappa shape index (κ2) is 30.1. The molecule has 0 aliphatic heterocycles. The number of halogens is 2. The molecule has 0 saturated carbocycles. The van der Waals surface area contributed by atoms with Gasteiger partial charge in [-0.25, -0.2) is 55.0 Å². The molecule has 6 aromatic rings. The van der Waals surface area contributed by atoms with Crippen molar-refractivity contribution in [3.63, 3.8) is 0 Å². The lowest BCUT2D eigenvalue weighted by Gasteiger charge is -2.21. The zero-order valence-corrected chi connectivity index (χ0v) is 45.1. The van der Waals surface area contributed by atoms with Gasteiger partial charge in [-0.3, -0.25) is 9.80 Å². The summed E-state index contributed by atoms with van der Waals surface area (Å²) in [7, 11) is -7.25. The number of hydrogen-bond donors (Lipinski definition) is 3. The molecule has 0 aliphatic carbocycles. The van der Waals surface area contributed by atoms with Crippen molar-refractivity contribution in [2.75, 3.05) is 43.0 Å². The van der Waals surface area contributed by atoms with Crippen LogP contribution in [0.5, 0.6) is 0 Å². The topological polar surface area (TPSA) is 245 Å². The maximum atomic E-state index is 14.5. The molecule has 0 fully saturated rings. The SMILES string of the molecule is CC(C)c1cc(F)cc(-c2ccnc(C#N)c2)c1N=C=O.CCN(CCCS(=O)(=O)NC(=O)Nc1c(-c2ccnc(C#N)c2)cc(F)cc1C(C)C)Cc1ccccc1.CCN(CCCS(N)(=O)=O)Cc1ccccc1. The van der Waals surface area contributed by atoms with E-state index in [1.807, 2.05) is 95.3 Å². The minimum atomic E-state index is -3.92. The fourth-order valence-electron chi connectivity index (χ4n) is 7.90. The van der Waals surface area contributed by atoms with E-state index < -0.39 is 37.7 Å². The number of anilines is 1. The molecule has 0 unspecified atom stereocenters. The number of sulfonamides is 2. The lowest BCUT2D eigenvalue weighted by molar-refractivity contribution is 0.256. The number of nitrogens with one attached hydrogen (secondary N) is 2. The smallest absolute Gasteiger partial charge is 0.306 e. The molecule has 2 amide bonds. The van der Waals surface area contributed by atoms with Gasteiger partial charge in [0.1, 0.15) is 35.2 Å². The fraction of sp³-hybridized carbons (Fsp3) is 0.321. The van der Waals surface area contributed by atoms with Crippen LogP contribution < -0.4 is 15.2 Å². The number of aromatic nitrogens is 2. The third-order valence-electron chi connectivity index (χ3n) is 11.7. The Morgan fingerprint density at radius 2 is 1.14 bits per heavy atom. The predicted molar refractivity (Wildman–Crippen MR) is 293 cm³/mol. The summed E-state index contributed by atoms with van der Waals surface area (Å²) >= 11 is 0. The Bertz CT molecular complexity index is 3240. The molecule has 0 atom stereocenters. The van der Waals surface area contributed by atoms with Gasteiger partial charge < -0.3 is 5.32 Å². The highest BCUT2D eigenvalue weighted by molar-refractivity contribution is 7.90. The van der Waals surface area contributed by atoms with Crippen LogP contribution in [0.25, 0.3) is 22.3 Å². The van der Waals surface area contributed by atoms with Gasteiger partial charge in [-0.15, -0.1) is 0 Å². The van der Waals surface area contributed by atoms with Crippen LogP contribution in [0.1, 0.15) is 99.9 Å². The molecule has 0 aliphatic rings. The molecule has 400 valence electrons. The number of carbonyl (C=O) groups excluding carboxylic acids is 2. The average Bonchev–Trinajstić information content (AvgIpc) is 3.39. The largest absolute Gasteiger partial charge is 0.332 e. The average molecular weight is 1080 g/mol. The van der Waals surface area contributed by atoms with Gasteiger partial charge >= 0.3 is 6.03 Å². The van der Waals surface area contributed by atoms with Crippen molar-refractivity contribution < 1.29 is 35.2 Å². The van der Waals surface area contributed by atoms with Gasteiger partial charge in [0.15, 0.2) is 0 Å². The molecule has 20 heteroatoms. The quantitative estimate of drug-likeness (QED) is 0.0450. The summed E-state index contributed by atoms with van der Waals surface area (Å²) in [5.41, 5.74) is 6.28. The molecule has 0 radical (unpaired) electrons. The molecule has 6 rings (SSSR count). The van der Waals surface area contributed by atoms with Crippen LogP contribution in [0.4, 0.5) is 25.0 Å². The number of pyridine rings is 2. The molecule has 0 bridgehead atoms. The van der Waals surface area contributed by atoms with E-state index in [0.717, 1.165) is 31.7 Å². The zero-order chi connectivity index (χ0) is 55.8. The molecule has 2 aromatic heterocycles. The molecule has 76 heavy (non-hydrogen) atoms. The first-order valence-electron chi connectivity index (χ1n) is 24.5. The first-order valence-corrected chi connectivity index (χ1v) is 27.9. The maximum absolute atomic E-state index is 14.5. The highest BCUT2D eigenvalue weighted by Gasteiger charge is 2.22. The standard InChI is InChI=1S/C28H32FN5O3S.C16H12FN3O.C12H20N2O2S/c1-4-34(19-21-9-6-5-7-10-21)13-8-14-38(36,37)33-28(35)32-27-25(20(2)3)16-23(29)17-26(27)22-11-12-31-24(15-22)18-30;1-10(2)14-6-12(17)7-15(16(14)20-9-21)11-3-4-19-13(5-11)8-18;1-2-14(9-6-10-17(13,15)16)11-12-7-4-3-5-8-12/h5-7,9-12,15-17,20H,4,8,13-14,19H2,1-3H3,(H2,32,33,35);3-7,10H,1-2H3;3-5,7-8H,2,6,9-11H2,1H3,(H2,13,15,16). The van der Waals surface area contributed by atoms with Crippen molar-refractivity contribution in [2.24, 2.45) is 10.1 Å². The van der Waals surface area contributed by atoms with Crippen LogP contribution >= 0.6 is 0 Å². The summed E-state index contributed by atoms with van der Waals surface area (Å²) in [6.45, 7) is 16.0. The summed E-state index contributed by atoms with van der Waals surface area (Å²) in [6, 6.07) is 34.4. The number of hydrogen-bond acceptors (Lipinski definition) is 13. The van der Waals surface area contributed by atoms with Crippen molar-refractivity contribution in [3.8, 4) is 34.4 Å². The van der Waals surface area contributed by atoms with Crippen LogP contribution in [0.2, 0.25) is 0 Å². The first-order chi connectivity index (χ1) is 36.2. The second-order valence-electron chi connectivity index (χ2n) is 18.1. The highest BCUT2D eigenvalue weighted by atomic mass is 32.2. The molecule has 0 saturated heterocycles. The van der Waals surface area contributed by atoms with Gasteiger partial charge in [0, 0.05) is 36.6 Å². The van der Waals surface area contributed by atoms with Gasteiger partial charge in [0.2, 0.25) is 26.1 Å². The van der Waals surface area contributed by atoms with E-state index in [9.17, 15) is 40.5 Å². The van der Waals surface area contributed by atoms with E-state index in [1.54, 1.807) is 12.1 Å². The van der Waals surface area contributed by atoms with Crippen molar-refractivity contribution in [2.45, 2.75) is 79.3 Å². The Kier molecular flexibility index (Phi) is 24.2. The number of carbonyl (C=O) groups is 1. The van der Waals surface area contributed by atoms with E-state index in [0.29, 0.717) is 65.0 Å². The zero-order valence-electron chi connectivity index (χ0n) is 43.5. The first kappa shape index (κ1) is 61.0. The highest BCUT2D eigenvalue weighted by Crippen LogP contribution is 2.38. The van der Waals surface area contributed by atoms with Gasteiger partial charge in [-0.05, 0) is 133 Å². The number of primary sulfonamides is 1. The van der Waals surface area contributed by atoms with Crippen LogP contribution in [-0.2, 0) is 37.9 Å². The van der Waals surface area contributed by atoms with E-state index in [1.165, 1.54) is 60.4 Å². The van der Waals surface area contributed by atoms with E-state index in [4.69, 9.17) is 10.4 Å². The van der Waals surface area contributed by atoms with Gasteiger partial charge in [-0.1, -0.05) is 102 Å². The Labute approximate surface area is 445 Å². The summed E-state index contributed by atoms with van der Waals surface area (Å²) in [5.74, 6) is -1.31. The molecule has 4 aromatic carbocycles. The lowest BCUT2D eigenvalue weighted by atomic mass is 9.94. The monoisotopic (exact) mass is 1070 g/mol. The third kappa shape index (κ3) is 20.3. The summed E-state index contributed by atoms with van der Waals surface area (Å²) in [6.07, 6.45) is 5.31. The number of benzene rings is 4. The van der Waals surface area contributed by atoms with Gasteiger partial charge in [0.25, 0.3) is 0 Å².